The van der Waals surface area contributed by atoms with Crippen molar-refractivity contribution >= 4 is 16.9 Å². The number of nitrogens with zero attached hydrogens (tertiary/aromatic N) is 2. The summed E-state index contributed by atoms with van der Waals surface area (Å²) in [5.74, 6) is 2.89. The van der Waals surface area contributed by atoms with Gasteiger partial charge in [-0.25, -0.2) is 4.98 Å². The number of pyridine rings is 1. The first-order chi connectivity index (χ1) is 11.8. The summed E-state index contributed by atoms with van der Waals surface area (Å²) in [6.07, 6.45) is 11.2. The van der Waals surface area contributed by atoms with Crippen molar-refractivity contribution in [3.63, 3.8) is 0 Å². The van der Waals surface area contributed by atoms with E-state index in [1.165, 1.54) is 30.2 Å². The molecule has 4 heteroatoms. The van der Waals surface area contributed by atoms with Gasteiger partial charge in [0.25, 0.3) is 0 Å². The summed E-state index contributed by atoms with van der Waals surface area (Å²) >= 11 is 0. The van der Waals surface area contributed by atoms with Crippen molar-refractivity contribution in [1.82, 2.24) is 14.9 Å². The second kappa shape index (κ2) is 5.61. The Kier molecular flexibility index (Phi) is 3.39. The number of H-pyrrole nitrogens is 1. The van der Waals surface area contributed by atoms with Crippen molar-refractivity contribution in [3.8, 4) is 0 Å². The minimum absolute atomic E-state index is 0.345. The molecule has 2 aliphatic carbocycles. The number of carbonyl (C=O) groups excluding carboxylic acids is 1. The van der Waals surface area contributed by atoms with Crippen molar-refractivity contribution in [2.24, 2.45) is 17.8 Å². The molecule has 0 aromatic carbocycles. The van der Waals surface area contributed by atoms with Gasteiger partial charge in [0.15, 0.2) is 0 Å². The van der Waals surface area contributed by atoms with E-state index < -0.39 is 0 Å². The molecule has 24 heavy (non-hydrogen) atoms. The molecular formula is C20H25N3O. The Hall–Kier alpha value is -1.84. The molecule has 2 aromatic rings. The van der Waals surface area contributed by atoms with Crippen LogP contribution >= 0.6 is 0 Å². The Labute approximate surface area is 142 Å². The molecule has 3 aliphatic rings. The van der Waals surface area contributed by atoms with E-state index in [9.17, 15) is 4.79 Å². The van der Waals surface area contributed by atoms with E-state index in [0.717, 1.165) is 43.9 Å². The van der Waals surface area contributed by atoms with Gasteiger partial charge >= 0.3 is 0 Å². The molecule has 126 valence electrons. The minimum atomic E-state index is 0.345. The van der Waals surface area contributed by atoms with Crippen LogP contribution in [0.5, 0.6) is 0 Å². The zero-order valence-electron chi connectivity index (χ0n) is 14.1. The number of fused-ring (bicyclic) bond motifs is 3. The molecule has 4 nitrogen and oxygen atoms in total. The smallest absolute Gasteiger partial charge is 0.225 e. The van der Waals surface area contributed by atoms with Crippen LogP contribution in [0.3, 0.4) is 0 Å². The van der Waals surface area contributed by atoms with Gasteiger partial charge in [-0.05, 0) is 67.6 Å². The number of amides is 1. The molecule has 3 heterocycles. The van der Waals surface area contributed by atoms with Crippen LogP contribution in [-0.2, 0) is 4.79 Å². The number of hydrogen-bond acceptors (Lipinski definition) is 2. The highest BCUT2D eigenvalue weighted by Crippen LogP contribution is 2.49. The van der Waals surface area contributed by atoms with Crippen LogP contribution in [-0.4, -0.2) is 33.9 Å². The van der Waals surface area contributed by atoms with Gasteiger partial charge in [0.2, 0.25) is 5.91 Å². The summed E-state index contributed by atoms with van der Waals surface area (Å²) in [5, 5.41) is 1.25. The molecule has 0 radical (unpaired) electrons. The van der Waals surface area contributed by atoms with Gasteiger partial charge in [0.1, 0.15) is 5.65 Å². The number of piperidine rings is 1. The van der Waals surface area contributed by atoms with E-state index in [1.807, 2.05) is 12.3 Å². The summed E-state index contributed by atoms with van der Waals surface area (Å²) < 4.78 is 0. The maximum absolute atomic E-state index is 12.9. The Morgan fingerprint density at radius 3 is 2.79 bits per heavy atom. The molecule has 1 saturated heterocycles. The molecule has 2 bridgehead atoms. The van der Waals surface area contributed by atoms with Gasteiger partial charge in [0.05, 0.1) is 0 Å². The number of likely N-dealkylation sites (tertiary alicyclic amines) is 1. The Balaban J connectivity index is 1.27. The average molecular weight is 323 g/mol. The standard InChI is InChI=1S/C20H25N3O/c24-20(17-11-13-3-4-15(17)10-13)23-8-5-14(6-9-23)18-12-22-19-16(18)2-1-7-21-19/h1-2,7,12-15,17H,3-6,8-11H2,(H,21,22)/t13-,15-,17-/m0/s1. The summed E-state index contributed by atoms with van der Waals surface area (Å²) in [6.45, 7) is 1.84. The number of nitrogens with one attached hydrogen (secondary N) is 1. The fraction of sp³-hybridized carbons (Fsp3) is 0.600. The molecule has 0 unspecified atom stereocenters. The zero-order chi connectivity index (χ0) is 16.1. The maximum atomic E-state index is 12.9. The molecule has 1 aliphatic heterocycles. The first-order valence-corrected chi connectivity index (χ1v) is 9.50. The fourth-order valence-corrected chi connectivity index (χ4v) is 5.51. The van der Waals surface area contributed by atoms with Gasteiger partial charge in [-0.1, -0.05) is 6.42 Å². The number of aromatic amines is 1. The van der Waals surface area contributed by atoms with Crippen LogP contribution < -0.4 is 0 Å². The third kappa shape index (κ3) is 2.27. The van der Waals surface area contributed by atoms with Gasteiger partial charge < -0.3 is 9.88 Å². The monoisotopic (exact) mass is 323 g/mol. The highest BCUT2D eigenvalue weighted by molar-refractivity contribution is 5.81. The van der Waals surface area contributed by atoms with Crippen molar-refractivity contribution in [2.75, 3.05) is 13.1 Å². The third-order valence-electron chi connectivity index (χ3n) is 6.78. The van der Waals surface area contributed by atoms with Crippen molar-refractivity contribution in [2.45, 2.75) is 44.4 Å². The zero-order valence-corrected chi connectivity index (χ0v) is 14.1. The number of aromatic nitrogens is 2. The molecule has 2 saturated carbocycles. The van der Waals surface area contributed by atoms with E-state index in [2.05, 4.69) is 27.1 Å². The summed E-state index contributed by atoms with van der Waals surface area (Å²) in [4.78, 5) is 22.8. The topological polar surface area (TPSA) is 49.0 Å². The number of hydrogen-bond donors (Lipinski definition) is 1. The Bertz CT molecular complexity index is 759. The van der Waals surface area contributed by atoms with Crippen LogP contribution in [0.4, 0.5) is 0 Å². The Morgan fingerprint density at radius 1 is 1.17 bits per heavy atom. The number of carbonyl (C=O) groups is 1. The molecule has 1 N–H and O–H groups in total. The summed E-state index contributed by atoms with van der Waals surface area (Å²) in [5.41, 5.74) is 2.36. The van der Waals surface area contributed by atoms with E-state index in [1.54, 1.807) is 0 Å². The van der Waals surface area contributed by atoms with Crippen molar-refractivity contribution in [3.05, 3.63) is 30.1 Å². The lowest BCUT2D eigenvalue weighted by molar-refractivity contribution is -0.138. The lowest BCUT2D eigenvalue weighted by Gasteiger charge is -2.35. The van der Waals surface area contributed by atoms with Crippen LogP contribution in [0.1, 0.15) is 50.0 Å². The molecule has 2 aromatic heterocycles. The lowest BCUT2D eigenvalue weighted by atomic mass is 9.85. The van der Waals surface area contributed by atoms with Crippen LogP contribution in [0, 0.1) is 17.8 Å². The molecular weight excluding hydrogens is 298 g/mol. The SMILES string of the molecule is O=C([C@H]1C[C@H]2CC[C@H]1C2)N1CCC(c2c[nH]c3ncccc23)CC1. The van der Waals surface area contributed by atoms with Gasteiger partial charge in [0, 0.05) is 36.8 Å². The highest BCUT2D eigenvalue weighted by Gasteiger charge is 2.44. The first-order valence-electron chi connectivity index (χ1n) is 9.50. The lowest BCUT2D eigenvalue weighted by Crippen LogP contribution is -2.42. The molecule has 1 amide bonds. The van der Waals surface area contributed by atoms with Crippen LogP contribution in [0.15, 0.2) is 24.5 Å². The average Bonchev–Trinajstić information content (AvgIpc) is 3.36. The largest absolute Gasteiger partial charge is 0.346 e. The van der Waals surface area contributed by atoms with E-state index in [0.29, 0.717) is 23.7 Å². The Morgan fingerprint density at radius 2 is 2.04 bits per heavy atom. The van der Waals surface area contributed by atoms with E-state index >= 15 is 0 Å². The predicted octanol–water partition coefficient (Wildman–Crippen LogP) is 3.71. The molecule has 3 fully saturated rings. The normalized spacial score (nSPS) is 30.3. The predicted molar refractivity (Wildman–Crippen MR) is 93.6 cm³/mol. The second-order valence-corrected chi connectivity index (χ2v) is 8.02. The van der Waals surface area contributed by atoms with Crippen molar-refractivity contribution < 1.29 is 4.79 Å². The summed E-state index contributed by atoms with van der Waals surface area (Å²) in [6, 6.07) is 4.16. The summed E-state index contributed by atoms with van der Waals surface area (Å²) in [7, 11) is 0. The molecule has 5 rings (SSSR count). The molecule has 0 spiro atoms. The maximum Gasteiger partial charge on any atom is 0.225 e. The van der Waals surface area contributed by atoms with Gasteiger partial charge in [-0.15, -0.1) is 0 Å². The van der Waals surface area contributed by atoms with E-state index in [4.69, 9.17) is 0 Å². The highest BCUT2D eigenvalue weighted by atomic mass is 16.2. The van der Waals surface area contributed by atoms with Crippen LogP contribution in [0.2, 0.25) is 0 Å². The second-order valence-electron chi connectivity index (χ2n) is 8.02. The van der Waals surface area contributed by atoms with Crippen LogP contribution in [0.25, 0.3) is 11.0 Å². The van der Waals surface area contributed by atoms with Crippen molar-refractivity contribution in [1.29, 1.82) is 0 Å². The number of rotatable bonds is 2. The van der Waals surface area contributed by atoms with E-state index in [-0.39, 0.29) is 0 Å². The van der Waals surface area contributed by atoms with Gasteiger partial charge in [-0.2, -0.15) is 0 Å². The third-order valence-corrected chi connectivity index (χ3v) is 6.78. The minimum Gasteiger partial charge on any atom is -0.346 e. The fourth-order valence-electron chi connectivity index (χ4n) is 5.51. The molecule has 3 atom stereocenters. The first kappa shape index (κ1) is 14.5. The van der Waals surface area contributed by atoms with Gasteiger partial charge in [-0.3, -0.25) is 4.79 Å². The quantitative estimate of drug-likeness (QED) is 0.916.